The molecule has 0 atom stereocenters. The molecule has 0 aliphatic carbocycles. The van der Waals surface area contributed by atoms with Crippen LogP contribution in [-0.2, 0) is 124 Å². The lowest BCUT2D eigenvalue weighted by molar-refractivity contribution is -0.133. The van der Waals surface area contributed by atoms with Gasteiger partial charge in [-0.15, -0.1) is 0 Å². The molecule has 0 radical (unpaired) electrons. The molecule has 13 N–H and O–H groups in total. The van der Waals surface area contributed by atoms with Gasteiger partial charge < -0.3 is 126 Å². The summed E-state index contributed by atoms with van der Waals surface area (Å²) in [7, 11) is -1.25. The number of nitrogens with one attached hydrogen (secondary N) is 13. The van der Waals surface area contributed by atoms with Crippen molar-refractivity contribution in [2.45, 2.75) is 341 Å². The van der Waals surface area contributed by atoms with Crippen molar-refractivity contribution in [2.24, 2.45) is 0 Å². The van der Waals surface area contributed by atoms with Gasteiger partial charge in [0.05, 0.1) is 163 Å². The second kappa shape index (κ2) is 59.9. The van der Waals surface area contributed by atoms with E-state index in [0.29, 0.717) is 11.1 Å². The highest BCUT2D eigenvalue weighted by Gasteiger charge is 2.42. The molecule has 0 aliphatic heterocycles. The van der Waals surface area contributed by atoms with Crippen LogP contribution in [-0.4, -0.2) is 324 Å². The summed E-state index contributed by atoms with van der Waals surface area (Å²) in [4.78, 5) is 165. The number of hydrogen-bond acceptors (Lipinski definition) is 27. The van der Waals surface area contributed by atoms with Crippen LogP contribution in [0.15, 0.2) is 41.3 Å². The van der Waals surface area contributed by atoms with E-state index in [1.165, 1.54) is 6.07 Å². The molecule has 2 aromatic rings. The summed E-state index contributed by atoms with van der Waals surface area (Å²) in [5.41, 5.74) is -11.4. The maximum atomic E-state index is 15.9. The number of fused-ring (bicyclic) bond motifs is 1. The SMILES string of the molecule is CN(C)c1cccc2c(S(=O)(=O)NC(COCCC(=O)NC(COCCC(=O)NC(C)(C)C)(COCCC(=O)NC(C)(C)C)COCCC(=O)NC(C)(C)C)(COCCC(=O)NC(COCCC(=O)NC(C)(C)C)(COCCC(=O)NC(C)(C)C)COCCC(=O)NC(C)(C)C)COCCC(=O)NC(COCCC(=O)NC(C)(C)C)(COCCC(=O)NC(C)(C)C)COCCC(=O)NC(C)(C)C)cccc12. The minimum Gasteiger partial charge on any atom is -0.379 e. The monoisotopic (exact) mass is 2020 g/mol. The zero-order valence-electron chi connectivity index (χ0n) is 90.4. The van der Waals surface area contributed by atoms with E-state index in [9.17, 15) is 57.5 Å². The number of carbonyl (C=O) groups is 12. The van der Waals surface area contributed by atoms with Crippen LogP contribution in [0.3, 0.4) is 0 Å². The maximum Gasteiger partial charge on any atom is 0.241 e. The van der Waals surface area contributed by atoms with E-state index < -0.39 is 159 Å². The highest BCUT2D eigenvalue weighted by Crippen LogP contribution is 2.32. The van der Waals surface area contributed by atoms with Crippen molar-refractivity contribution in [3.63, 3.8) is 0 Å². The highest BCUT2D eigenvalue weighted by atomic mass is 32.2. The normalized spacial score (nSPS) is 12.9. The number of sulfonamides is 1. The topological polar surface area (TPSA) is 509 Å². The molecule has 0 aliphatic rings. The number of rotatable bonds is 67. The van der Waals surface area contributed by atoms with Gasteiger partial charge in [-0.25, -0.2) is 8.42 Å². The number of amides is 12. The molecule has 40 nitrogen and oxygen atoms in total. The molecule has 0 saturated carbocycles. The fourth-order valence-corrected chi connectivity index (χ4v) is 15.3. The molecule has 0 aromatic heterocycles. The highest BCUT2D eigenvalue weighted by molar-refractivity contribution is 7.89. The summed E-state index contributed by atoms with van der Waals surface area (Å²) in [6.07, 6.45) is -2.27. The third-order valence-corrected chi connectivity index (χ3v) is 20.7. The molecule has 0 bridgehead atoms. The summed E-state index contributed by atoms with van der Waals surface area (Å²) < 4.78 is 110. The van der Waals surface area contributed by atoms with Crippen molar-refractivity contribution < 1.29 is 123 Å². The van der Waals surface area contributed by atoms with Crippen LogP contribution in [0, 0.1) is 0 Å². The Labute approximate surface area is 839 Å². The van der Waals surface area contributed by atoms with Crippen LogP contribution in [0.2, 0.25) is 0 Å². The van der Waals surface area contributed by atoms with E-state index >= 15 is 8.42 Å². The predicted molar refractivity (Wildman–Crippen MR) is 540 cm³/mol. The zero-order valence-corrected chi connectivity index (χ0v) is 91.2. The third-order valence-electron chi connectivity index (χ3n) is 19.0. The van der Waals surface area contributed by atoms with Crippen molar-refractivity contribution >= 4 is 97.4 Å². The summed E-state index contributed by atoms with van der Waals surface area (Å²) in [5, 5.41) is 36.0. The Hall–Kier alpha value is -8.43. The summed E-state index contributed by atoms with van der Waals surface area (Å²) in [5.74, 6) is -5.00. The molecule has 0 heterocycles. The number of carbonyl (C=O) groups excluding carboxylic acids is 12. The number of benzene rings is 2. The van der Waals surface area contributed by atoms with Crippen LogP contribution in [0.25, 0.3) is 10.8 Å². The largest absolute Gasteiger partial charge is 0.379 e. The second-order valence-electron chi connectivity index (χ2n) is 45.7. The third kappa shape index (κ3) is 62.8. The van der Waals surface area contributed by atoms with Gasteiger partial charge in [0.1, 0.15) is 22.2 Å². The molecule has 12 amide bonds. The van der Waals surface area contributed by atoms with Crippen molar-refractivity contribution in [1.82, 2.24) is 68.5 Å². The fraction of sp³-hybridized carbons (Fsp3) is 0.780. The van der Waals surface area contributed by atoms with E-state index in [1.54, 1.807) is 38.4 Å². The Bertz CT molecular complexity index is 3740. The molecule has 0 unspecified atom stereocenters. The minimum atomic E-state index is -4.85. The first kappa shape index (κ1) is 129. The van der Waals surface area contributed by atoms with Gasteiger partial charge in [0.15, 0.2) is 0 Å². The molecule has 141 heavy (non-hydrogen) atoms. The van der Waals surface area contributed by atoms with Crippen LogP contribution >= 0.6 is 0 Å². The number of hydrogen-bond donors (Lipinski definition) is 13. The first-order chi connectivity index (χ1) is 64.8. The smallest absolute Gasteiger partial charge is 0.241 e. The molecule has 41 heteroatoms. The van der Waals surface area contributed by atoms with Gasteiger partial charge in [0.25, 0.3) is 0 Å². The van der Waals surface area contributed by atoms with E-state index in [-0.39, 0.29) is 240 Å². The Kier molecular flexibility index (Phi) is 54.6. The summed E-state index contributed by atoms with van der Waals surface area (Å²) in [6, 6.07) is 9.87. The van der Waals surface area contributed by atoms with Crippen LogP contribution < -0.4 is 73.4 Å². The number of nitrogens with zero attached hydrogens (tertiary/aromatic N) is 1. The molecular weight excluding hydrogens is 1850 g/mol. The van der Waals surface area contributed by atoms with Gasteiger partial charge >= 0.3 is 0 Å². The molecule has 810 valence electrons. The van der Waals surface area contributed by atoms with E-state index in [4.69, 9.17) is 56.8 Å². The van der Waals surface area contributed by atoms with Crippen molar-refractivity contribution in [2.75, 3.05) is 178 Å². The van der Waals surface area contributed by atoms with Crippen LogP contribution in [0.4, 0.5) is 5.69 Å². The zero-order chi connectivity index (χ0) is 107. The lowest BCUT2D eigenvalue weighted by atomic mass is 10.0. The Balaban J connectivity index is 3.16. The molecule has 0 fully saturated rings. The van der Waals surface area contributed by atoms with Crippen LogP contribution in [0.5, 0.6) is 0 Å². The van der Waals surface area contributed by atoms with E-state index in [1.807, 2.05) is 198 Å². The molecular formula is C100H178N14O26S. The van der Waals surface area contributed by atoms with Gasteiger partial charge in [-0.1, -0.05) is 24.3 Å². The lowest BCUT2D eigenvalue weighted by Crippen LogP contribution is -2.60. The summed E-state index contributed by atoms with van der Waals surface area (Å²) >= 11 is 0. The number of anilines is 1. The van der Waals surface area contributed by atoms with Crippen molar-refractivity contribution in [3.05, 3.63) is 36.4 Å². The summed E-state index contributed by atoms with van der Waals surface area (Å²) in [6.45, 7) is 41.5. The quantitative estimate of drug-likeness (QED) is 0.0310. The van der Waals surface area contributed by atoms with E-state index in [2.05, 4.69) is 68.5 Å². The molecule has 0 saturated heterocycles. The first-order valence-corrected chi connectivity index (χ1v) is 50.2. The van der Waals surface area contributed by atoms with E-state index in [0.717, 1.165) is 0 Å². The Morgan fingerprint density at radius 3 is 0.532 bits per heavy atom. The average molecular weight is 2020 g/mol. The van der Waals surface area contributed by atoms with Crippen LogP contribution in [0.1, 0.15) is 264 Å². The molecule has 0 spiro atoms. The Morgan fingerprint density at radius 1 is 0.220 bits per heavy atom. The van der Waals surface area contributed by atoms with Gasteiger partial charge in [-0.2, -0.15) is 4.72 Å². The number of ether oxygens (including phenoxy) is 12. The Morgan fingerprint density at radius 2 is 0.369 bits per heavy atom. The lowest BCUT2D eigenvalue weighted by Gasteiger charge is -2.35. The van der Waals surface area contributed by atoms with Crippen molar-refractivity contribution in [1.29, 1.82) is 0 Å². The molecule has 2 aromatic carbocycles. The van der Waals surface area contributed by atoms with Crippen molar-refractivity contribution in [3.8, 4) is 0 Å². The maximum absolute atomic E-state index is 15.9. The average Bonchev–Trinajstić information content (AvgIpc) is 0.763. The predicted octanol–water partition coefficient (Wildman–Crippen LogP) is 6.60. The molecule has 2 rings (SSSR count). The van der Waals surface area contributed by atoms with Gasteiger partial charge in [0, 0.05) is 157 Å². The first-order valence-electron chi connectivity index (χ1n) is 48.7. The standard InChI is InChI=1S/C100H178N14O26S/c1-88(2,3)101-76(115)36-48-129-60-97(61-130-49-37-77(116)102-89(4,5)6,62-131-50-38-78(117)103-90(7,8)9)110-85(124)45-57-138-69-100(113-141(127,128)75-35-31-32-72-73(75)33-30-34-74(72)114(28)29,70-139-58-46-86(125)111-98(63-132-51-39-79(118)104-91(10,11)12,64-133-52-40-80(119)105-92(13,14)15)65-134-53-41-81(120)106-93(16,17)18)71-140-59-47-87(126)112-99(66-135-54-42-82(121)107-94(19,20)21,67-136-55-43-83(122)108-95(22,23)24)68-137-56-44-84(123)109-96(25,26)27/h30-35,113H,36-71H2,1-29H3,(H,101,115)(H,102,116)(H,103,117)(H,104,118)(H,105,119)(H,106,120)(H,107,121)(H,108,122)(H,109,123)(H,110,124)(H,111,125)(H,112,126). The van der Waals surface area contributed by atoms with Gasteiger partial charge in [0.2, 0.25) is 80.9 Å². The van der Waals surface area contributed by atoms with Gasteiger partial charge in [-0.3, -0.25) is 57.5 Å². The second-order valence-corrected chi connectivity index (χ2v) is 47.4. The fourth-order valence-electron chi connectivity index (χ4n) is 13.7. The minimum absolute atomic E-state index is 0.0924. The van der Waals surface area contributed by atoms with Gasteiger partial charge in [-0.05, 0) is 199 Å².